The van der Waals surface area contributed by atoms with Gasteiger partial charge in [0.2, 0.25) is 0 Å². The van der Waals surface area contributed by atoms with E-state index in [0.29, 0.717) is 24.2 Å². The van der Waals surface area contributed by atoms with Crippen LogP contribution in [0.15, 0.2) is 42.6 Å². The Bertz CT molecular complexity index is 1020. The molecule has 1 saturated heterocycles. The van der Waals surface area contributed by atoms with E-state index in [1.165, 1.54) is 0 Å². The lowest BCUT2D eigenvalue weighted by molar-refractivity contribution is 0.0856. The molecule has 2 aromatic heterocycles. The summed E-state index contributed by atoms with van der Waals surface area (Å²) < 4.78 is 7.22. The number of halogens is 1. The first-order valence-corrected chi connectivity index (χ1v) is 10.9. The van der Waals surface area contributed by atoms with Gasteiger partial charge in [0.1, 0.15) is 11.8 Å². The number of benzene rings is 1. The zero-order valence-electron chi connectivity index (χ0n) is 17.4. The van der Waals surface area contributed by atoms with Crippen molar-refractivity contribution in [1.29, 1.82) is 0 Å². The Hall–Kier alpha value is -2.60. The predicted octanol–water partition coefficient (Wildman–Crippen LogP) is 5.41. The van der Waals surface area contributed by atoms with Crippen LogP contribution in [-0.2, 0) is 11.3 Å². The molecule has 30 heavy (non-hydrogen) atoms. The number of piperidine rings is 1. The highest BCUT2D eigenvalue weighted by Crippen LogP contribution is 2.30. The van der Waals surface area contributed by atoms with E-state index in [-0.39, 0.29) is 18.6 Å². The van der Waals surface area contributed by atoms with E-state index in [2.05, 4.69) is 18.9 Å². The van der Waals surface area contributed by atoms with Gasteiger partial charge in [-0.3, -0.25) is 0 Å². The zero-order valence-corrected chi connectivity index (χ0v) is 18.2. The van der Waals surface area contributed by atoms with Gasteiger partial charge in [0.15, 0.2) is 5.65 Å². The summed E-state index contributed by atoms with van der Waals surface area (Å²) in [5.74, 6) is 0.488. The van der Waals surface area contributed by atoms with Gasteiger partial charge in [-0.1, -0.05) is 55.8 Å². The molecule has 1 aliphatic rings. The van der Waals surface area contributed by atoms with E-state index in [9.17, 15) is 4.79 Å². The Kier molecular flexibility index (Phi) is 6.23. The fraction of sp³-hybridized carbons (Fsp3) is 0.435. The molecule has 4 rings (SSSR count). The maximum Gasteiger partial charge on any atom is 0.410 e. The molecule has 1 aliphatic heterocycles. The van der Waals surface area contributed by atoms with E-state index in [0.717, 1.165) is 41.7 Å². The van der Waals surface area contributed by atoms with Crippen molar-refractivity contribution in [3.8, 4) is 0 Å². The fourth-order valence-corrected chi connectivity index (χ4v) is 4.17. The third kappa shape index (κ3) is 4.29. The first-order valence-electron chi connectivity index (χ1n) is 10.6. The normalized spacial score (nSPS) is 17.8. The first-order chi connectivity index (χ1) is 14.6. The Morgan fingerprint density at radius 1 is 1.33 bits per heavy atom. The van der Waals surface area contributed by atoms with Crippen LogP contribution in [0.3, 0.4) is 0 Å². The molecule has 1 fully saturated rings. The smallest absolute Gasteiger partial charge is 0.410 e. The van der Waals surface area contributed by atoms with Crippen LogP contribution in [-0.4, -0.2) is 38.7 Å². The molecular formula is C23H27ClN4O2. The van der Waals surface area contributed by atoms with Crippen molar-refractivity contribution < 1.29 is 9.53 Å². The number of amides is 1. The molecule has 0 spiro atoms. The lowest BCUT2D eigenvalue weighted by atomic mass is 9.94. The number of hydrogen-bond donors (Lipinski definition) is 0. The summed E-state index contributed by atoms with van der Waals surface area (Å²) in [7, 11) is 0. The average Bonchev–Trinajstić information content (AvgIpc) is 3.22. The molecular weight excluding hydrogens is 400 g/mol. The number of carbonyl (C=O) groups is 1. The van der Waals surface area contributed by atoms with E-state index in [1.54, 1.807) is 9.42 Å². The van der Waals surface area contributed by atoms with Gasteiger partial charge in [-0.2, -0.15) is 5.10 Å². The minimum atomic E-state index is -0.277. The Labute approximate surface area is 181 Å². The number of nitrogens with zero attached hydrogens (tertiary/aromatic N) is 4. The maximum atomic E-state index is 12.6. The summed E-state index contributed by atoms with van der Waals surface area (Å²) in [6.45, 7) is 5.89. The van der Waals surface area contributed by atoms with Crippen molar-refractivity contribution in [1.82, 2.24) is 19.5 Å². The van der Waals surface area contributed by atoms with Gasteiger partial charge in [-0.25, -0.2) is 14.3 Å². The number of likely N-dealkylation sites (tertiary alicyclic amines) is 1. The molecule has 2 atom stereocenters. The van der Waals surface area contributed by atoms with Crippen LogP contribution >= 0.6 is 11.6 Å². The van der Waals surface area contributed by atoms with Crippen LogP contribution in [0.4, 0.5) is 4.79 Å². The summed E-state index contributed by atoms with van der Waals surface area (Å²) in [5.41, 5.74) is 3.82. The fourth-order valence-electron chi connectivity index (χ4n) is 3.93. The largest absolute Gasteiger partial charge is 0.445 e. The molecule has 158 valence electrons. The Morgan fingerprint density at radius 3 is 2.90 bits per heavy atom. The summed E-state index contributed by atoms with van der Waals surface area (Å²) >= 11 is 6.51. The number of aromatic nitrogens is 3. The Morgan fingerprint density at radius 2 is 2.13 bits per heavy atom. The number of fused-ring (bicyclic) bond motifs is 1. The van der Waals surface area contributed by atoms with Crippen molar-refractivity contribution in [2.45, 2.75) is 51.6 Å². The molecule has 6 nitrogen and oxygen atoms in total. The van der Waals surface area contributed by atoms with Gasteiger partial charge in [-0.05, 0) is 36.8 Å². The summed E-state index contributed by atoms with van der Waals surface area (Å²) in [5, 5.41) is 4.96. The number of rotatable bonds is 5. The second kappa shape index (κ2) is 9.04. The van der Waals surface area contributed by atoms with Crippen molar-refractivity contribution in [3.05, 3.63) is 64.6 Å². The van der Waals surface area contributed by atoms with Crippen molar-refractivity contribution in [2.24, 2.45) is 0 Å². The molecule has 0 radical (unpaired) electrons. The third-order valence-electron chi connectivity index (χ3n) is 5.92. The predicted molar refractivity (Wildman–Crippen MR) is 117 cm³/mol. The Balaban J connectivity index is 1.50. The van der Waals surface area contributed by atoms with Crippen molar-refractivity contribution >= 4 is 23.3 Å². The van der Waals surface area contributed by atoms with E-state index < -0.39 is 0 Å². The van der Waals surface area contributed by atoms with Gasteiger partial charge in [0.05, 0.1) is 11.9 Å². The molecule has 1 amide bonds. The molecule has 0 N–H and O–H groups in total. The van der Waals surface area contributed by atoms with Crippen molar-refractivity contribution in [2.75, 3.05) is 13.1 Å². The third-order valence-corrected chi connectivity index (χ3v) is 6.19. The highest BCUT2D eigenvalue weighted by Gasteiger charge is 2.28. The number of carbonyl (C=O) groups excluding carboxylic acids is 1. The van der Waals surface area contributed by atoms with Crippen LogP contribution in [0.5, 0.6) is 0 Å². The van der Waals surface area contributed by atoms with Gasteiger partial charge in [0, 0.05) is 24.6 Å². The molecule has 3 aromatic rings. The summed E-state index contributed by atoms with van der Waals surface area (Å²) in [6, 6.07) is 11.6. The van der Waals surface area contributed by atoms with Crippen LogP contribution in [0.25, 0.3) is 5.65 Å². The summed E-state index contributed by atoms with van der Waals surface area (Å²) in [6.07, 6.45) is 4.47. The average molecular weight is 427 g/mol. The van der Waals surface area contributed by atoms with Crippen LogP contribution in [0.2, 0.25) is 5.15 Å². The van der Waals surface area contributed by atoms with E-state index in [4.69, 9.17) is 21.3 Å². The monoisotopic (exact) mass is 426 g/mol. The topological polar surface area (TPSA) is 59.7 Å². The van der Waals surface area contributed by atoms with E-state index in [1.807, 2.05) is 42.6 Å². The minimum absolute atomic E-state index is 0.130. The highest BCUT2D eigenvalue weighted by atomic mass is 35.5. The van der Waals surface area contributed by atoms with Gasteiger partial charge in [-0.15, -0.1) is 0 Å². The van der Waals surface area contributed by atoms with Gasteiger partial charge >= 0.3 is 6.09 Å². The second-order valence-corrected chi connectivity index (χ2v) is 8.36. The van der Waals surface area contributed by atoms with Gasteiger partial charge in [0.25, 0.3) is 0 Å². The molecule has 0 saturated carbocycles. The minimum Gasteiger partial charge on any atom is -0.445 e. The molecule has 0 bridgehead atoms. The molecule has 2 unspecified atom stereocenters. The maximum absolute atomic E-state index is 12.6. The standard InChI is InChI=1S/C23H27ClN4O2/c1-3-16(2)19-13-25-28-21(24)12-20(26-22(19)28)18-10-7-11-27(14-18)23(29)30-15-17-8-5-4-6-9-17/h4-6,8-9,12-13,16,18H,3,7,10-11,14-15H2,1-2H3. The quantitative estimate of drug-likeness (QED) is 0.511. The van der Waals surface area contributed by atoms with Crippen LogP contribution in [0.1, 0.15) is 61.8 Å². The van der Waals surface area contributed by atoms with Gasteiger partial charge < -0.3 is 9.64 Å². The molecule has 3 heterocycles. The zero-order chi connectivity index (χ0) is 21.1. The lowest BCUT2D eigenvalue weighted by Gasteiger charge is -2.31. The number of hydrogen-bond acceptors (Lipinski definition) is 4. The van der Waals surface area contributed by atoms with Crippen LogP contribution < -0.4 is 0 Å². The highest BCUT2D eigenvalue weighted by molar-refractivity contribution is 6.29. The molecule has 0 aliphatic carbocycles. The van der Waals surface area contributed by atoms with E-state index >= 15 is 0 Å². The number of ether oxygens (including phenoxy) is 1. The first kappa shape index (κ1) is 20.7. The molecule has 1 aromatic carbocycles. The van der Waals surface area contributed by atoms with Crippen molar-refractivity contribution in [3.63, 3.8) is 0 Å². The van der Waals surface area contributed by atoms with Crippen LogP contribution in [0, 0.1) is 0 Å². The SMILES string of the molecule is CCC(C)c1cnn2c(Cl)cc(C3CCCN(C(=O)OCc4ccccc4)C3)nc12. The lowest BCUT2D eigenvalue weighted by Crippen LogP contribution is -2.39. The summed E-state index contributed by atoms with van der Waals surface area (Å²) in [4.78, 5) is 19.3. The molecule has 7 heteroatoms. The second-order valence-electron chi connectivity index (χ2n) is 7.97.